The third kappa shape index (κ3) is 4.29. The van der Waals surface area contributed by atoms with Crippen LogP contribution in [-0.4, -0.2) is 31.2 Å². The molecule has 0 radical (unpaired) electrons. The first kappa shape index (κ1) is 16.0. The fourth-order valence-electron chi connectivity index (χ4n) is 2.84. The van der Waals surface area contributed by atoms with Crippen LogP contribution in [0.25, 0.3) is 0 Å². The highest BCUT2D eigenvalue weighted by Crippen LogP contribution is 2.24. The summed E-state index contributed by atoms with van der Waals surface area (Å²) in [5.74, 6) is 0.781. The normalized spacial score (nSPS) is 23.2. The summed E-state index contributed by atoms with van der Waals surface area (Å²) in [6.07, 6.45) is 1.35. The fraction of sp³-hybridized carbons (Fsp3) is 0.588. The van der Waals surface area contributed by atoms with Gasteiger partial charge < -0.3 is 15.8 Å². The van der Waals surface area contributed by atoms with Crippen LogP contribution >= 0.6 is 0 Å². The lowest BCUT2D eigenvalue weighted by Gasteiger charge is -2.23. The van der Waals surface area contributed by atoms with Gasteiger partial charge in [-0.05, 0) is 24.3 Å². The number of hydrogen-bond donors (Lipinski definition) is 2. The zero-order valence-corrected chi connectivity index (χ0v) is 12.9. The highest BCUT2D eigenvalue weighted by Gasteiger charge is 2.30. The van der Waals surface area contributed by atoms with Crippen LogP contribution in [0.1, 0.15) is 38.2 Å². The second-order valence-electron chi connectivity index (χ2n) is 6.07. The summed E-state index contributed by atoms with van der Waals surface area (Å²) < 4.78 is 5.63. The van der Waals surface area contributed by atoms with E-state index in [0.717, 1.165) is 12.8 Å². The molecule has 116 valence electrons. The summed E-state index contributed by atoms with van der Waals surface area (Å²) >= 11 is 0. The average Bonchev–Trinajstić information content (AvgIpc) is 2.97. The van der Waals surface area contributed by atoms with Crippen molar-refractivity contribution in [3.05, 3.63) is 35.9 Å². The molecule has 21 heavy (non-hydrogen) atoms. The van der Waals surface area contributed by atoms with E-state index in [4.69, 9.17) is 10.5 Å². The molecule has 1 aromatic rings. The smallest absolute Gasteiger partial charge is 0.249 e. The van der Waals surface area contributed by atoms with Crippen molar-refractivity contribution < 1.29 is 9.53 Å². The molecule has 4 nitrogen and oxygen atoms in total. The number of ether oxygens (including phenoxy) is 1. The van der Waals surface area contributed by atoms with Crippen LogP contribution in [0.5, 0.6) is 0 Å². The molecule has 0 saturated carbocycles. The van der Waals surface area contributed by atoms with Crippen molar-refractivity contribution in [3.8, 4) is 0 Å². The monoisotopic (exact) mass is 290 g/mol. The van der Waals surface area contributed by atoms with Crippen molar-refractivity contribution in [2.24, 2.45) is 11.7 Å². The van der Waals surface area contributed by atoms with Crippen molar-refractivity contribution in [2.45, 2.75) is 44.8 Å². The topological polar surface area (TPSA) is 64.4 Å². The second kappa shape index (κ2) is 7.57. The molecule has 0 aliphatic carbocycles. The van der Waals surface area contributed by atoms with Crippen molar-refractivity contribution in [3.63, 3.8) is 0 Å². The Balaban J connectivity index is 1.89. The van der Waals surface area contributed by atoms with E-state index in [1.165, 1.54) is 5.56 Å². The van der Waals surface area contributed by atoms with Gasteiger partial charge in [0.1, 0.15) is 6.10 Å². The van der Waals surface area contributed by atoms with E-state index in [1.807, 2.05) is 18.2 Å². The largest absolute Gasteiger partial charge is 0.364 e. The molecule has 4 heteroatoms. The van der Waals surface area contributed by atoms with Crippen LogP contribution in [0, 0.1) is 5.92 Å². The number of amides is 1. The predicted molar refractivity (Wildman–Crippen MR) is 84.0 cm³/mol. The van der Waals surface area contributed by atoms with Gasteiger partial charge in [0, 0.05) is 19.0 Å². The summed E-state index contributed by atoms with van der Waals surface area (Å²) in [5, 5.41) is 3.04. The van der Waals surface area contributed by atoms with Crippen LogP contribution in [0.15, 0.2) is 30.3 Å². The lowest BCUT2D eigenvalue weighted by molar-refractivity contribution is -0.131. The van der Waals surface area contributed by atoms with E-state index in [-0.39, 0.29) is 18.1 Å². The molecule has 1 unspecified atom stereocenters. The molecule has 1 aromatic carbocycles. The van der Waals surface area contributed by atoms with Gasteiger partial charge in [-0.3, -0.25) is 4.79 Å². The lowest BCUT2D eigenvalue weighted by Crippen LogP contribution is -2.38. The van der Waals surface area contributed by atoms with Crippen molar-refractivity contribution in [2.75, 3.05) is 13.1 Å². The summed E-state index contributed by atoms with van der Waals surface area (Å²) in [6.45, 7) is 5.50. The molecule has 3 N–H and O–H groups in total. The van der Waals surface area contributed by atoms with Gasteiger partial charge in [0.05, 0.1) is 6.10 Å². The minimum atomic E-state index is -0.331. The molecule has 1 amide bonds. The molecule has 1 heterocycles. The lowest BCUT2D eigenvalue weighted by atomic mass is 9.88. The number of nitrogens with one attached hydrogen (secondary N) is 1. The average molecular weight is 290 g/mol. The van der Waals surface area contributed by atoms with Crippen LogP contribution in [0.4, 0.5) is 0 Å². The van der Waals surface area contributed by atoms with Crippen LogP contribution < -0.4 is 11.1 Å². The molecule has 1 aliphatic rings. The second-order valence-corrected chi connectivity index (χ2v) is 6.07. The molecule has 1 saturated heterocycles. The van der Waals surface area contributed by atoms with E-state index in [0.29, 0.717) is 24.9 Å². The van der Waals surface area contributed by atoms with Gasteiger partial charge in [-0.15, -0.1) is 0 Å². The van der Waals surface area contributed by atoms with E-state index in [1.54, 1.807) is 0 Å². The Hall–Kier alpha value is -1.39. The first-order chi connectivity index (χ1) is 10.1. The standard InChI is InChI=1S/C17H26N2O2/c1-12(2)15(13-6-4-3-5-7-13)11-19-17(20)16-9-8-14(10-18)21-16/h3-7,12,14-16H,8-11,18H2,1-2H3,(H,19,20)/t14-,15?,16+/m1/s1. The molecular formula is C17H26N2O2. The molecule has 0 bridgehead atoms. The highest BCUT2D eigenvalue weighted by molar-refractivity contribution is 5.81. The molecule has 1 fully saturated rings. The summed E-state index contributed by atoms with van der Waals surface area (Å²) in [6, 6.07) is 10.3. The minimum Gasteiger partial charge on any atom is -0.364 e. The fourth-order valence-corrected chi connectivity index (χ4v) is 2.84. The van der Waals surface area contributed by atoms with Gasteiger partial charge in [-0.1, -0.05) is 44.2 Å². The molecule has 3 atom stereocenters. The summed E-state index contributed by atoms with van der Waals surface area (Å²) in [7, 11) is 0. The van der Waals surface area contributed by atoms with Crippen LogP contribution in [0.3, 0.4) is 0 Å². The summed E-state index contributed by atoms with van der Waals surface area (Å²) in [4.78, 5) is 12.2. The maximum Gasteiger partial charge on any atom is 0.249 e. The van der Waals surface area contributed by atoms with Gasteiger partial charge in [-0.2, -0.15) is 0 Å². The Bertz CT molecular complexity index is 447. The van der Waals surface area contributed by atoms with E-state index in [9.17, 15) is 4.79 Å². The molecule has 1 aliphatic heterocycles. The van der Waals surface area contributed by atoms with Gasteiger partial charge in [-0.25, -0.2) is 0 Å². The zero-order valence-electron chi connectivity index (χ0n) is 12.9. The SMILES string of the molecule is CC(C)C(CNC(=O)[C@@H]1CC[C@H](CN)O1)c1ccccc1. The third-order valence-electron chi connectivity index (χ3n) is 4.19. The highest BCUT2D eigenvalue weighted by atomic mass is 16.5. The Morgan fingerprint density at radius 2 is 2.05 bits per heavy atom. The number of benzene rings is 1. The number of rotatable bonds is 6. The van der Waals surface area contributed by atoms with E-state index >= 15 is 0 Å². The quantitative estimate of drug-likeness (QED) is 0.843. The van der Waals surface area contributed by atoms with E-state index in [2.05, 4.69) is 31.3 Å². The Labute approximate surface area is 127 Å². The number of carbonyl (C=O) groups excluding carboxylic acids is 1. The first-order valence-electron chi connectivity index (χ1n) is 7.80. The maximum absolute atomic E-state index is 12.2. The zero-order chi connectivity index (χ0) is 15.2. The third-order valence-corrected chi connectivity index (χ3v) is 4.19. The Morgan fingerprint density at radius 3 is 2.62 bits per heavy atom. The van der Waals surface area contributed by atoms with Crippen molar-refractivity contribution in [1.82, 2.24) is 5.32 Å². The number of hydrogen-bond acceptors (Lipinski definition) is 3. The first-order valence-corrected chi connectivity index (χ1v) is 7.80. The summed E-state index contributed by atoms with van der Waals surface area (Å²) in [5.41, 5.74) is 6.84. The predicted octanol–water partition coefficient (Wildman–Crippen LogP) is 2.05. The number of carbonyl (C=O) groups is 1. The molecule has 0 aromatic heterocycles. The van der Waals surface area contributed by atoms with Crippen LogP contribution in [-0.2, 0) is 9.53 Å². The van der Waals surface area contributed by atoms with Gasteiger partial charge in [0.25, 0.3) is 0 Å². The number of nitrogens with two attached hydrogens (primary N) is 1. The molecule has 2 rings (SSSR count). The Morgan fingerprint density at radius 1 is 1.33 bits per heavy atom. The maximum atomic E-state index is 12.2. The van der Waals surface area contributed by atoms with Gasteiger partial charge in [0.15, 0.2) is 0 Å². The van der Waals surface area contributed by atoms with Gasteiger partial charge in [0.2, 0.25) is 5.91 Å². The van der Waals surface area contributed by atoms with E-state index < -0.39 is 0 Å². The minimum absolute atomic E-state index is 0.00692. The van der Waals surface area contributed by atoms with Gasteiger partial charge >= 0.3 is 0 Å². The van der Waals surface area contributed by atoms with Crippen molar-refractivity contribution in [1.29, 1.82) is 0 Å². The van der Waals surface area contributed by atoms with Crippen molar-refractivity contribution >= 4 is 5.91 Å². The molecule has 0 spiro atoms. The Kier molecular flexibility index (Phi) is 5.76. The van der Waals surface area contributed by atoms with Crippen LogP contribution in [0.2, 0.25) is 0 Å². The molecular weight excluding hydrogens is 264 g/mol.